The predicted molar refractivity (Wildman–Crippen MR) is 53.5 cm³/mol. The zero-order chi connectivity index (χ0) is 10.0. The topological polar surface area (TPSA) is 23.6 Å². The number of amides is 1. The molecule has 0 aromatic heterocycles. The molecule has 0 saturated carbocycles. The lowest BCUT2D eigenvalue weighted by Crippen LogP contribution is -2.53. The van der Waals surface area contributed by atoms with Gasteiger partial charge in [0.25, 0.3) is 0 Å². The lowest BCUT2D eigenvalue weighted by molar-refractivity contribution is -0.138. The summed E-state index contributed by atoms with van der Waals surface area (Å²) in [5, 5.41) is 0. The summed E-state index contributed by atoms with van der Waals surface area (Å²) in [5.41, 5.74) is 0. The standard InChI is InChI=1S/C10H20N2O/c1-8(2)9(3)12-6-5-11(4)7-10(12)13/h8-9H,5-7H2,1-4H3. The summed E-state index contributed by atoms with van der Waals surface area (Å²) in [7, 11) is 2.00. The van der Waals surface area contributed by atoms with Crippen molar-refractivity contribution in [2.75, 3.05) is 26.7 Å². The van der Waals surface area contributed by atoms with Crippen molar-refractivity contribution in [1.82, 2.24) is 9.80 Å². The quantitative estimate of drug-likeness (QED) is 0.634. The Labute approximate surface area is 80.7 Å². The molecule has 76 valence electrons. The van der Waals surface area contributed by atoms with E-state index in [9.17, 15) is 4.79 Å². The summed E-state index contributed by atoms with van der Waals surface area (Å²) in [6, 6.07) is 0.376. The highest BCUT2D eigenvalue weighted by Crippen LogP contribution is 2.13. The Kier molecular flexibility index (Phi) is 3.31. The number of piperazine rings is 1. The minimum absolute atomic E-state index is 0.273. The summed E-state index contributed by atoms with van der Waals surface area (Å²) in [5.74, 6) is 0.822. The molecule has 0 radical (unpaired) electrons. The minimum Gasteiger partial charge on any atom is -0.337 e. The Morgan fingerprint density at radius 3 is 2.31 bits per heavy atom. The van der Waals surface area contributed by atoms with Gasteiger partial charge in [0.05, 0.1) is 6.54 Å². The molecule has 1 atom stereocenters. The summed E-state index contributed by atoms with van der Waals surface area (Å²) in [6.45, 7) is 8.93. The molecule has 0 aromatic rings. The second kappa shape index (κ2) is 4.09. The molecular formula is C10H20N2O. The molecule has 0 spiro atoms. The van der Waals surface area contributed by atoms with Gasteiger partial charge in [0.2, 0.25) is 5.91 Å². The summed E-state index contributed by atoms with van der Waals surface area (Å²) in [6.07, 6.45) is 0. The maximum atomic E-state index is 11.6. The molecule has 1 rings (SSSR count). The van der Waals surface area contributed by atoms with Gasteiger partial charge < -0.3 is 4.90 Å². The second-order valence-corrected chi connectivity index (χ2v) is 4.31. The van der Waals surface area contributed by atoms with Crippen LogP contribution in [0.3, 0.4) is 0 Å². The van der Waals surface area contributed by atoms with Gasteiger partial charge in [-0.25, -0.2) is 0 Å². The average molecular weight is 184 g/mol. The maximum Gasteiger partial charge on any atom is 0.237 e. The Balaban J connectivity index is 2.56. The van der Waals surface area contributed by atoms with E-state index in [1.165, 1.54) is 0 Å². The fourth-order valence-electron chi connectivity index (χ4n) is 1.59. The van der Waals surface area contributed by atoms with Crippen LogP contribution in [0.5, 0.6) is 0 Å². The van der Waals surface area contributed by atoms with Crippen LogP contribution in [0.4, 0.5) is 0 Å². The molecule has 1 aliphatic rings. The van der Waals surface area contributed by atoms with E-state index in [0.29, 0.717) is 18.5 Å². The molecule has 1 fully saturated rings. The first-order chi connectivity index (χ1) is 6.02. The van der Waals surface area contributed by atoms with Gasteiger partial charge in [-0.2, -0.15) is 0 Å². The number of hydrogen-bond acceptors (Lipinski definition) is 2. The Morgan fingerprint density at radius 2 is 1.85 bits per heavy atom. The van der Waals surface area contributed by atoms with Crippen molar-refractivity contribution in [1.29, 1.82) is 0 Å². The normalized spacial score (nSPS) is 22.5. The summed E-state index contributed by atoms with van der Waals surface area (Å²) >= 11 is 0. The molecule has 0 aliphatic carbocycles. The number of rotatable bonds is 2. The number of carbonyl (C=O) groups is 1. The Bertz CT molecular complexity index is 191. The van der Waals surface area contributed by atoms with Gasteiger partial charge in [-0.1, -0.05) is 13.8 Å². The minimum atomic E-state index is 0.273. The van der Waals surface area contributed by atoms with E-state index in [1.807, 2.05) is 11.9 Å². The third-order valence-electron chi connectivity index (χ3n) is 2.90. The van der Waals surface area contributed by atoms with Gasteiger partial charge in [-0.05, 0) is 19.9 Å². The van der Waals surface area contributed by atoms with Gasteiger partial charge in [-0.15, -0.1) is 0 Å². The van der Waals surface area contributed by atoms with Crippen LogP contribution >= 0.6 is 0 Å². The predicted octanol–water partition coefficient (Wildman–Crippen LogP) is 0.805. The van der Waals surface area contributed by atoms with Crippen molar-refractivity contribution in [3.8, 4) is 0 Å². The smallest absolute Gasteiger partial charge is 0.237 e. The number of likely N-dealkylation sites (N-methyl/N-ethyl adjacent to an activating group) is 1. The molecule has 0 bridgehead atoms. The number of hydrogen-bond donors (Lipinski definition) is 0. The maximum absolute atomic E-state index is 11.6. The number of carbonyl (C=O) groups excluding carboxylic acids is 1. The van der Waals surface area contributed by atoms with Crippen molar-refractivity contribution >= 4 is 5.91 Å². The van der Waals surface area contributed by atoms with Crippen LogP contribution in [0.1, 0.15) is 20.8 Å². The van der Waals surface area contributed by atoms with Crippen molar-refractivity contribution in [3.05, 3.63) is 0 Å². The van der Waals surface area contributed by atoms with Crippen LogP contribution < -0.4 is 0 Å². The highest BCUT2D eigenvalue weighted by atomic mass is 16.2. The highest BCUT2D eigenvalue weighted by Gasteiger charge is 2.26. The number of nitrogens with zero attached hydrogens (tertiary/aromatic N) is 2. The van der Waals surface area contributed by atoms with E-state index >= 15 is 0 Å². The molecule has 1 saturated heterocycles. The van der Waals surface area contributed by atoms with Crippen molar-refractivity contribution in [3.63, 3.8) is 0 Å². The van der Waals surface area contributed by atoms with E-state index in [1.54, 1.807) is 0 Å². The third-order valence-corrected chi connectivity index (χ3v) is 2.90. The second-order valence-electron chi connectivity index (χ2n) is 4.31. The summed E-state index contributed by atoms with van der Waals surface area (Å²) < 4.78 is 0. The molecule has 0 aromatic carbocycles. The van der Waals surface area contributed by atoms with Gasteiger partial charge in [0, 0.05) is 19.1 Å². The van der Waals surface area contributed by atoms with E-state index in [0.717, 1.165) is 13.1 Å². The zero-order valence-corrected chi connectivity index (χ0v) is 9.08. The molecule has 3 heteroatoms. The van der Waals surface area contributed by atoms with Crippen molar-refractivity contribution in [2.45, 2.75) is 26.8 Å². The lowest BCUT2D eigenvalue weighted by Gasteiger charge is -2.38. The van der Waals surface area contributed by atoms with Crippen LogP contribution in [-0.4, -0.2) is 48.4 Å². The third kappa shape index (κ3) is 2.44. The van der Waals surface area contributed by atoms with Gasteiger partial charge in [0.1, 0.15) is 0 Å². The van der Waals surface area contributed by atoms with Crippen molar-refractivity contribution < 1.29 is 4.79 Å². The van der Waals surface area contributed by atoms with Gasteiger partial charge in [0.15, 0.2) is 0 Å². The van der Waals surface area contributed by atoms with Crippen molar-refractivity contribution in [2.24, 2.45) is 5.92 Å². The van der Waals surface area contributed by atoms with Crippen LogP contribution in [-0.2, 0) is 4.79 Å². The fourth-order valence-corrected chi connectivity index (χ4v) is 1.59. The van der Waals surface area contributed by atoms with E-state index in [-0.39, 0.29) is 5.91 Å². The summed E-state index contributed by atoms with van der Waals surface area (Å²) in [4.78, 5) is 15.7. The molecule has 13 heavy (non-hydrogen) atoms. The van der Waals surface area contributed by atoms with Gasteiger partial charge >= 0.3 is 0 Å². The molecule has 1 amide bonds. The Morgan fingerprint density at radius 1 is 1.23 bits per heavy atom. The van der Waals surface area contributed by atoms with Crippen LogP contribution in [0, 0.1) is 5.92 Å². The van der Waals surface area contributed by atoms with Crippen LogP contribution in [0.2, 0.25) is 0 Å². The molecule has 1 heterocycles. The highest BCUT2D eigenvalue weighted by molar-refractivity contribution is 5.79. The van der Waals surface area contributed by atoms with E-state index in [2.05, 4.69) is 25.7 Å². The monoisotopic (exact) mass is 184 g/mol. The lowest BCUT2D eigenvalue weighted by atomic mass is 10.0. The first-order valence-corrected chi connectivity index (χ1v) is 5.00. The first kappa shape index (κ1) is 10.5. The molecule has 1 aliphatic heterocycles. The van der Waals surface area contributed by atoms with Crippen LogP contribution in [0.25, 0.3) is 0 Å². The van der Waals surface area contributed by atoms with E-state index in [4.69, 9.17) is 0 Å². The first-order valence-electron chi connectivity index (χ1n) is 5.00. The molecule has 0 N–H and O–H groups in total. The molecular weight excluding hydrogens is 164 g/mol. The largest absolute Gasteiger partial charge is 0.337 e. The molecule has 3 nitrogen and oxygen atoms in total. The Hall–Kier alpha value is -0.570. The van der Waals surface area contributed by atoms with Gasteiger partial charge in [-0.3, -0.25) is 9.69 Å². The van der Waals surface area contributed by atoms with Crippen LogP contribution in [0.15, 0.2) is 0 Å². The fraction of sp³-hybridized carbons (Fsp3) is 0.900. The zero-order valence-electron chi connectivity index (χ0n) is 9.08. The van der Waals surface area contributed by atoms with E-state index < -0.39 is 0 Å². The SMILES string of the molecule is CC(C)C(C)N1CCN(C)CC1=O. The molecule has 1 unspecified atom stereocenters. The average Bonchev–Trinajstić information content (AvgIpc) is 2.03.